The molecule has 1 amide bonds. The van der Waals surface area contributed by atoms with Gasteiger partial charge in [-0.15, -0.1) is 0 Å². The minimum atomic E-state index is -3.61. The van der Waals surface area contributed by atoms with Gasteiger partial charge in [0.25, 0.3) is 5.91 Å². The number of hydrogen-bond acceptors (Lipinski definition) is 3. The summed E-state index contributed by atoms with van der Waals surface area (Å²) < 4.78 is 28.0. The summed E-state index contributed by atoms with van der Waals surface area (Å²) in [5, 5.41) is 0. The lowest BCUT2D eigenvalue weighted by atomic mass is 10.1. The van der Waals surface area contributed by atoms with Crippen LogP contribution in [0.3, 0.4) is 0 Å². The Bertz CT molecular complexity index is 1020. The molecule has 6 heteroatoms. The Morgan fingerprint density at radius 2 is 1.86 bits per heavy atom. The Morgan fingerprint density at radius 3 is 2.64 bits per heavy atom. The van der Waals surface area contributed by atoms with Crippen molar-refractivity contribution >= 4 is 21.6 Å². The first kappa shape index (κ1) is 19.2. The van der Waals surface area contributed by atoms with Crippen molar-refractivity contribution < 1.29 is 13.2 Å². The number of anilines is 1. The number of nitrogens with zero attached hydrogens (tertiary/aromatic N) is 2. The van der Waals surface area contributed by atoms with E-state index in [1.807, 2.05) is 38.1 Å². The Labute approximate surface area is 167 Å². The number of carbonyl (C=O) groups excluding carboxylic acids is 1. The van der Waals surface area contributed by atoms with E-state index in [9.17, 15) is 13.2 Å². The maximum absolute atomic E-state index is 13.3. The highest BCUT2D eigenvalue weighted by molar-refractivity contribution is 7.89. The lowest BCUT2D eigenvalue weighted by Crippen LogP contribution is -2.42. The van der Waals surface area contributed by atoms with E-state index in [0.717, 1.165) is 42.5 Å². The Kier molecular flexibility index (Phi) is 5.02. The van der Waals surface area contributed by atoms with E-state index in [2.05, 4.69) is 0 Å². The molecule has 0 spiro atoms. The van der Waals surface area contributed by atoms with Gasteiger partial charge in [-0.25, -0.2) is 8.42 Å². The van der Waals surface area contributed by atoms with Gasteiger partial charge in [-0.2, -0.15) is 4.31 Å². The van der Waals surface area contributed by atoms with Crippen LogP contribution in [0.1, 0.15) is 47.7 Å². The van der Waals surface area contributed by atoms with E-state index in [4.69, 9.17) is 0 Å². The van der Waals surface area contributed by atoms with E-state index in [0.29, 0.717) is 18.7 Å². The molecule has 0 N–H and O–H groups in total. The molecule has 4 rings (SSSR count). The molecule has 1 saturated heterocycles. The van der Waals surface area contributed by atoms with Crippen molar-refractivity contribution in [3.63, 3.8) is 0 Å². The van der Waals surface area contributed by atoms with Gasteiger partial charge in [0.1, 0.15) is 0 Å². The highest BCUT2D eigenvalue weighted by Gasteiger charge is 2.32. The van der Waals surface area contributed by atoms with Crippen LogP contribution in [0.2, 0.25) is 0 Å². The minimum Gasteiger partial charge on any atom is -0.308 e. The summed E-state index contributed by atoms with van der Waals surface area (Å²) in [4.78, 5) is 15.2. The molecule has 0 aromatic heterocycles. The Balaban J connectivity index is 1.69. The molecule has 2 aliphatic rings. The number of rotatable bonds is 3. The van der Waals surface area contributed by atoms with E-state index < -0.39 is 10.0 Å². The normalized spacial score (nSPS) is 20.2. The molecule has 1 atom stereocenters. The van der Waals surface area contributed by atoms with Crippen LogP contribution in [0.4, 0.5) is 5.69 Å². The summed E-state index contributed by atoms with van der Waals surface area (Å²) >= 11 is 0. The van der Waals surface area contributed by atoms with Gasteiger partial charge in [-0.05, 0) is 62.4 Å². The maximum atomic E-state index is 13.3. The van der Waals surface area contributed by atoms with Gasteiger partial charge in [-0.1, -0.05) is 30.7 Å². The van der Waals surface area contributed by atoms with E-state index >= 15 is 0 Å². The number of aryl methyl sites for hydroxylation is 1. The second-order valence-corrected chi connectivity index (χ2v) is 9.66. The molecule has 1 unspecified atom stereocenters. The van der Waals surface area contributed by atoms with Crippen molar-refractivity contribution in [2.24, 2.45) is 0 Å². The third-order valence-electron chi connectivity index (χ3n) is 5.92. The molecular formula is C22H26N2O3S. The highest BCUT2D eigenvalue weighted by Crippen LogP contribution is 2.31. The third-order valence-corrected chi connectivity index (χ3v) is 7.93. The van der Waals surface area contributed by atoms with Gasteiger partial charge >= 0.3 is 0 Å². The first-order valence-electron chi connectivity index (χ1n) is 9.92. The zero-order valence-corrected chi connectivity index (χ0v) is 17.2. The zero-order valence-electron chi connectivity index (χ0n) is 16.4. The molecule has 2 heterocycles. The quantitative estimate of drug-likeness (QED) is 0.791. The fourth-order valence-corrected chi connectivity index (χ4v) is 5.98. The summed E-state index contributed by atoms with van der Waals surface area (Å²) in [5.74, 6) is -0.133. The van der Waals surface area contributed by atoms with Crippen LogP contribution in [0, 0.1) is 6.92 Å². The summed E-state index contributed by atoms with van der Waals surface area (Å²) in [5.41, 5.74) is 3.33. The first-order valence-corrected chi connectivity index (χ1v) is 11.4. The molecule has 0 radical (unpaired) electrons. The lowest BCUT2D eigenvalue weighted by molar-refractivity contribution is 0.0988. The first-order chi connectivity index (χ1) is 13.4. The van der Waals surface area contributed by atoms with Crippen molar-refractivity contribution in [2.45, 2.75) is 50.5 Å². The van der Waals surface area contributed by atoms with Gasteiger partial charge in [0.2, 0.25) is 10.0 Å². The molecule has 0 bridgehead atoms. The minimum absolute atomic E-state index is 0.00957. The molecule has 0 saturated carbocycles. The number of piperidine rings is 1. The van der Waals surface area contributed by atoms with Crippen molar-refractivity contribution in [2.75, 3.05) is 18.0 Å². The number of benzene rings is 2. The summed E-state index contributed by atoms with van der Waals surface area (Å²) in [6.45, 7) is 4.98. The van der Waals surface area contributed by atoms with E-state index in [1.165, 1.54) is 0 Å². The van der Waals surface area contributed by atoms with Crippen LogP contribution in [0.15, 0.2) is 47.4 Å². The van der Waals surface area contributed by atoms with Gasteiger partial charge in [-0.3, -0.25) is 4.79 Å². The average molecular weight is 399 g/mol. The van der Waals surface area contributed by atoms with Crippen LogP contribution in [0.5, 0.6) is 0 Å². The van der Waals surface area contributed by atoms with Gasteiger partial charge in [0.15, 0.2) is 0 Å². The number of sulfonamides is 1. The van der Waals surface area contributed by atoms with Crippen LogP contribution >= 0.6 is 0 Å². The fraction of sp³-hybridized carbons (Fsp3) is 0.409. The van der Waals surface area contributed by atoms with Crippen LogP contribution in [-0.4, -0.2) is 37.8 Å². The monoisotopic (exact) mass is 398 g/mol. The SMILES string of the molecule is Cc1ccc(S(=O)(=O)N2CCCCC2C)cc1C(=O)N1CCc2ccccc21. The zero-order chi connectivity index (χ0) is 19.9. The molecule has 0 aliphatic carbocycles. The smallest absolute Gasteiger partial charge is 0.258 e. The maximum Gasteiger partial charge on any atom is 0.258 e. The van der Waals surface area contributed by atoms with Crippen LogP contribution in [-0.2, 0) is 16.4 Å². The van der Waals surface area contributed by atoms with Crippen LogP contribution in [0.25, 0.3) is 0 Å². The van der Waals surface area contributed by atoms with Gasteiger partial charge < -0.3 is 4.90 Å². The number of hydrogen-bond donors (Lipinski definition) is 0. The standard InChI is InChI=1S/C22H26N2O3S/c1-16-10-11-19(28(26,27)24-13-6-5-7-17(24)2)15-20(16)22(25)23-14-12-18-8-3-4-9-21(18)23/h3-4,8-11,15,17H,5-7,12-14H2,1-2H3. The molecule has 2 aromatic carbocycles. The van der Waals surface area contributed by atoms with Crippen molar-refractivity contribution in [3.05, 3.63) is 59.2 Å². The number of carbonyl (C=O) groups is 1. The van der Waals surface area contributed by atoms with Crippen molar-refractivity contribution in [1.82, 2.24) is 4.31 Å². The van der Waals surface area contributed by atoms with Crippen molar-refractivity contribution in [3.8, 4) is 0 Å². The van der Waals surface area contributed by atoms with E-state index in [1.54, 1.807) is 27.4 Å². The van der Waals surface area contributed by atoms with Crippen molar-refractivity contribution in [1.29, 1.82) is 0 Å². The number of para-hydroxylation sites is 1. The largest absolute Gasteiger partial charge is 0.308 e. The van der Waals surface area contributed by atoms with Gasteiger partial charge in [0, 0.05) is 30.4 Å². The molecule has 28 heavy (non-hydrogen) atoms. The summed E-state index contributed by atoms with van der Waals surface area (Å²) in [6.07, 6.45) is 3.64. The highest BCUT2D eigenvalue weighted by atomic mass is 32.2. The third kappa shape index (κ3) is 3.25. The summed E-state index contributed by atoms with van der Waals surface area (Å²) in [7, 11) is -3.61. The molecule has 1 fully saturated rings. The molecular weight excluding hydrogens is 372 g/mol. The number of fused-ring (bicyclic) bond motifs is 1. The second-order valence-electron chi connectivity index (χ2n) is 7.77. The average Bonchev–Trinajstić information content (AvgIpc) is 3.12. The van der Waals surface area contributed by atoms with Gasteiger partial charge in [0.05, 0.1) is 4.90 Å². The Morgan fingerprint density at radius 1 is 1.07 bits per heavy atom. The Hall–Kier alpha value is -2.18. The number of amides is 1. The summed E-state index contributed by atoms with van der Waals surface area (Å²) in [6, 6.07) is 12.8. The predicted octanol–water partition coefficient (Wildman–Crippen LogP) is 3.76. The predicted molar refractivity (Wildman–Crippen MR) is 110 cm³/mol. The van der Waals surface area contributed by atoms with Crippen LogP contribution < -0.4 is 4.90 Å². The lowest BCUT2D eigenvalue weighted by Gasteiger charge is -2.32. The molecule has 2 aromatic rings. The molecule has 5 nitrogen and oxygen atoms in total. The second kappa shape index (κ2) is 7.33. The molecule has 2 aliphatic heterocycles. The van der Waals surface area contributed by atoms with E-state index in [-0.39, 0.29) is 16.8 Å². The fourth-order valence-electron chi connectivity index (χ4n) is 4.25. The topological polar surface area (TPSA) is 57.7 Å². The molecule has 148 valence electrons.